The predicted octanol–water partition coefficient (Wildman–Crippen LogP) is 10.0. The van der Waals surface area contributed by atoms with Crippen LogP contribution in [0.3, 0.4) is 0 Å². The van der Waals surface area contributed by atoms with Crippen molar-refractivity contribution in [1.82, 2.24) is 0 Å². The summed E-state index contributed by atoms with van der Waals surface area (Å²) in [5.74, 6) is 0.113. The van der Waals surface area contributed by atoms with E-state index >= 15 is 0 Å². The standard InChI is InChI=1S/C36H39BrFNO3Si/c1-36(2,3)43(4,5)42-32(26-16-19-28(38)20-17-26)23-31-34(39(35(31)40)29-14-10-7-11-15-29)30-21-18-27(37)22-33(30)41-24-25-12-8-6-9-13-25/h6-22,31-32,34H,23-24H2,1-5H3/t31?,32-,34-/m1/s1. The van der Waals surface area contributed by atoms with E-state index in [1.807, 2.05) is 83.8 Å². The van der Waals surface area contributed by atoms with E-state index in [-0.39, 0.29) is 34.8 Å². The summed E-state index contributed by atoms with van der Waals surface area (Å²) in [4.78, 5) is 15.9. The molecule has 0 bridgehead atoms. The molecular weight excluding hydrogens is 621 g/mol. The van der Waals surface area contributed by atoms with Crippen molar-refractivity contribution in [2.45, 2.75) is 64.1 Å². The van der Waals surface area contributed by atoms with E-state index in [1.165, 1.54) is 12.1 Å². The van der Waals surface area contributed by atoms with Crippen molar-refractivity contribution >= 4 is 35.8 Å². The van der Waals surface area contributed by atoms with Gasteiger partial charge in [-0.25, -0.2) is 4.39 Å². The smallest absolute Gasteiger partial charge is 0.233 e. The van der Waals surface area contributed by atoms with Gasteiger partial charge in [-0.2, -0.15) is 0 Å². The van der Waals surface area contributed by atoms with E-state index in [0.717, 1.165) is 32.6 Å². The average Bonchev–Trinajstić information content (AvgIpc) is 2.98. The number of rotatable bonds is 10. The molecule has 0 spiro atoms. The summed E-state index contributed by atoms with van der Waals surface area (Å²) in [6.07, 6.45) is 0.110. The molecule has 4 aromatic carbocycles. The monoisotopic (exact) mass is 659 g/mol. The van der Waals surface area contributed by atoms with Crippen LogP contribution in [0.25, 0.3) is 0 Å². The van der Waals surface area contributed by atoms with Crippen LogP contribution in [-0.4, -0.2) is 14.2 Å². The number of hydrogen-bond donors (Lipinski definition) is 0. The highest BCUT2D eigenvalue weighted by Gasteiger charge is 2.51. The zero-order valence-electron chi connectivity index (χ0n) is 25.4. The Morgan fingerprint density at radius 3 is 2.16 bits per heavy atom. The van der Waals surface area contributed by atoms with E-state index < -0.39 is 8.32 Å². The molecule has 1 saturated heterocycles. The minimum absolute atomic E-state index is 0.0332. The Morgan fingerprint density at radius 1 is 0.907 bits per heavy atom. The number of hydrogen-bond acceptors (Lipinski definition) is 3. The number of anilines is 1. The highest BCUT2D eigenvalue weighted by Crippen LogP contribution is 2.51. The summed E-state index contributed by atoms with van der Waals surface area (Å²) >= 11 is 3.62. The number of nitrogens with zero attached hydrogens (tertiary/aromatic N) is 1. The molecule has 1 aliphatic rings. The first-order valence-corrected chi connectivity index (χ1v) is 18.4. The molecule has 0 radical (unpaired) electrons. The molecule has 7 heteroatoms. The summed E-state index contributed by atoms with van der Waals surface area (Å²) in [5, 5.41) is -0.0332. The fourth-order valence-electron chi connectivity index (χ4n) is 5.32. The highest BCUT2D eigenvalue weighted by molar-refractivity contribution is 9.10. The fourth-order valence-corrected chi connectivity index (χ4v) is 6.95. The van der Waals surface area contributed by atoms with Crippen LogP contribution in [0.15, 0.2) is 108 Å². The van der Waals surface area contributed by atoms with E-state index in [9.17, 15) is 9.18 Å². The predicted molar refractivity (Wildman–Crippen MR) is 177 cm³/mol. The molecule has 1 unspecified atom stereocenters. The third-order valence-electron chi connectivity index (χ3n) is 8.73. The van der Waals surface area contributed by atoms with E-state index in [4.69, 9.17) is 9.16 Å². The molecule has 224 valence electrons. The van der Waals surface area contributed by atoms with Crippen LogP contribution in [0.5, 0.6) is 5.75 Å². The van der Waals surface area contributed by atoms with Gasteiger partial charge in [-0.1, -0.05) is 103 Å². The quantitative estimate of drug-likeness (QED) is 0.126. The molecular formula is C36H39BrFNO3Si. The van der Waals surface area contributed by atoms with Crippen LogP contribution in [0, 0.1) is 11.7 Å². The Morgan fingerprint density at radius 2 is 1.53 bits per heavy atom. The second-order valence-corrected chi connectivity index (χ2v) is 18.4. The average molecular weight is 661 g/mol. The number of halogens is 2. The Labute approximate surface area is 264 Å². The maximum atomic E-state index is 14.1. The second kappa shape index (κ2) is 12.8. The lowest BCUT2D eigenvalue weighted by atomic mass is 9.77. The highest BCUT2D eigenvalue weighted by atomic mass is 79.9. The van der Waals surface area contributed by atoms with Gasteiger partial charge in [0.25, 0.3) is 0 Å². The molecule has 43 heavy (non-hydrogen) atoms. The van der Waals surface area contributed by atoms with Gasteiger partial charge < -0.3 is 14.1 Å². The van der Waals surface area contributed by atoms with Gasteiger partial charge >= 0.3 is 0 Å². The van der Waals surface area contributed by atoms with Crippen molar-refractivity contribution < 1.29 is 18.3 Å². The van der Waals surface area contributed by atoms with Gasteiger partial charge in [0.05, 0.1) is 18.1 Å². The normalized spacial score (nSPS) is 17.8. The van der Waals surface area contributed by atoms with E-state index in [1.54, 1.807) is 12.1 Å². The Bertz CT molecular complexity index is 1540. The van der Waals surface area contributed by atoms with Gasteiger partial charge in [0, 0.05) is 15.7 Å². The number of para-hydroxylation sites is 1. The summed E-state index contributed by atoms with van der Waals surface area (Å²) in [5.41, 5.74) is 3.73. The number of benzene rings is 4. The Hall–Kier alpha value is -3.26. The number of carbonyl (C=O) groups excluding carboxylic acids is 1. The zero-order chi connectivity index (χ0) is 30.8. The van der Waals surface area contributed by atoms with Gasteiger partial charge in [0.15, 0.2) is 8.32 Å². The molecule has 1 aliphatic heterocycles. The number of amides is 1. The Kier molecular flexibility index (Phi) is 9.25. The molecule has 5 rings (SSSR count). The molecule has 3 atom stereocenters. The lowest BCUT2D eigenvalue weighted by Gasteiger charge is -2.49. The summed E-state index contributed by atoms with van der Waals surface area (Å²) in [7, 11) is -2.24. The third-order valence-corrected chi connectivity index (χ3v) is 13.7. The fraction of sp³-hybridized carbons (Fsp3) is 0.306. The van der Waals surface area contributed by atoms with Crippen LogP contribution in [0.4, 0.5) is 10.1 Å². The summed E-state index contributed by atoms with van der Waals surface area (Å²) in [6.45, 7) is 11.4. The molecule has 0 saturated carbocycles. The van der Waals surface area contributed by atoms with Crippen LogP contribution in [0.2, 0.25) is 18.1 Å². The third kappa shape index (κ3) is 6.95. The van der Waals surface area contributed by atoms with Crippen LogP contribution in [-0.2, 0) is 15.8 Å². The van der Waals surface area contributed by atoms with Gasteiger partial charge in [-0.3, -0.25) is 4.79 Å². The Balaban J connectivity index is 1.53. The van der Waals surface area contributed by atoms with Crippen molar-refractivity contribution in [3.8, 4) is 5.75 Å². The topological polar surface area (TPSA) is 38.8 Å². The summed E-state index contributed by atoms with van der Waals surface area (Å²) < 4.78 is 28.3. The first-order valence-electron chi connectivity index (χ1n) is 14.7. The molecule has 0 N–H and O–H groups in total. The van der Waals surface area contributed by atoms with Gasteiger partial charge in [-0.15, -0.1) is 0 Å². The van der Waals surface area contributed by atoms with Gasteiger partial charge in [-0.05, 0) is 72.1 Å². The minimum Gasteiger partial charge on any atom is -0.489 e. The minimum atomic E-state index is -2.24. The molecule has 1 heterocycles. The van der Waals surface area contributed by atoms with Crippen LogP contribution >= 0.6 is 15.9 Å². The maximum Gasteiger partial charge on any atom is 0.233 e. The largest absolute Gasteiger partial charge is 0.489 e. The number of β-lactam (4-membered cyclic amide) rings is 1. The molecule has 1 amide bonds. The molecule has 1 fully saturated rings. The zero-order valence-corrected chi connectivity index (χ0v) is 28.0. The summed E-state index contributed by atoms with van der Waals surface area (Å²) in [6, 6.07) is 32.1. The molecule has 0 aromatic heterocycles. The van der Waals surface area contributed by atoms with Crippen molar-refractivity contribution in [1.29, 1.82) is 0 Å². The number of ether oxygens (including phenoxy) is 1. The first-order chi connectivity index (χ1) is 20.4. The second-order valence-electron chi connectivity index (χ2n) is 12.7. The first kappa shape index (κ1) is 31.2. The van der Waals surface area contributed by atoms with Gasteiger partial charge in [0.1, 0.15) is 18.2 Å². The van der Waals surface area contributed by atoms with Gasteiger partial charge in [0.2, 0.25) is 5.91 Å². The van der Waals surface area contributed by atoms with Crippen LogP contribution < -0.4 is 9.64 Å². The van der Waals surface area contributed by atoms with Crippen molar-refractivity contribution in [2.75, 3.05) is 4.90 Å². The molecule has 4 aromatic rings. The molecule has 0 aliphatic carbocycles. The number of carbonyl (C=O) groups is 1. The van der Waals surface area contributed by atoms with E-state index in [0.29, 0.717) is 13.0 Å². The molecule has 4 nitrogen and oxygen atoms in total. The van der Waals surface area contributed by atoms with Crippen molar-refractivity contribution in [3.05, 3.63) is 130 Å². The van der Waals surface area contributed by atoms with E-state index in [2.05, 4.69) is 49.8 Å². The lowest BCUT2D eigenvalue weighted by Crippen LogP contribution is -2.56. The van der Waals surface area contributed by atoms with Crippen molar-refractivity contribution in [3.63, 3.8) is 0 Å². The maximum absolute atomic E-state index is 14.1. The van der Waals surface area contributed by atoms with Crippen molar-refractivity contribution in [2.24, 2.45) is 5.92 Å². The SMILES string of the molecule is CC(C)(C)[Si](C)(C)O[C@H](CC1C(=O)N(c2ccccc2)[C@@H]1c1ccc(Br)cc1OCc1ccccc1)c1ccc(F)cc1. The van der Waals surface area contributed by atoms with Crippen LogP contribution in [0.1, 0.15) is 56.0 Å². The lowest BCUT2D eigenvalue weighted by molar-refractivity contribution is -0.132.